The number of carbonyl (C=O) groups is 1. The summed E-state index contributed by atoms with van der Waals surface area (Å²) in [5.74, 6) is 0.230. The molecular weight excluding hydrogens is 250 g/mol. The normalized spacial score (nSPS) is 16.2. The quantitative estimate of drug-likeness (QED) is 0.810. The van der Waals surface area contributed by atoms with E-state index in [2.05, 4.69) is 24.8 Å². The third-order valence-electron chi connectivity index (χ3n) is 4.09. The number of likely N-dealkylation sites (N-methyl/N-ethyl adjacent to an activating group) is 2. The predicted octanol–water partition coefficient (Wildman–Crippen LogP) is 2.27. The molecule has 4 heteroatoms. The van der Waals surface area contributed by atoms with E-state index in [4.69, 9.17) is 5.73 Å². The monoisotopic (exact) mass is 275 g/mol. The number of rotatable bonds is 6. The molecule has 20 heavy (non-hydrogen) atoms. The molecule has 1 unspecified atom stereocenters. The molecular formula is C16H25N3O. The Morgan fingerprint density at radius 3 is 2.70 bits per heavy atom. The van der Waals surface area contributed by atoms with Crippen molar-refractivity contribution in [3.05, 3.63) is 29.8 Å². The van der Waals surface area contributed by atoms with Crippen molar-refractivity contribution in [2.24, 2.45) is 0 Å². The lowest BCUT2D eigenvalue weighted by atomic mass is 10.1. The van der Waals surface area contributed by atoms with Crippen LogP contribution in [0, 0.1) is 0 Å². The molecule has 0 heterocycles. The molecule has 110 valence electrons. The summed E-state index contributed by atoms with van der Waals surface area (Å²) < 4.78 is 0. The van der Waals surface area contributed by atoms with Crippen LogP contribution in [0.1, 0.15) is 38.3 Å². The van der Waals surface area contributed by atoms with E-state index in [9.17, 15) is 4.79 Å². The molecule has 0 radical (unpaired) electrons. The Balaban J connectivity index is 1.96. The van der Waals surface area contributed by atoms with Crippen LogP contribution >= 0.6 is 0 Å². The summed E-state index contributed by atoms with van der Waals surface area (Å²) in [6, 6.07) is 8.54. The zero-order valence-corrected chi connectivity index (χ0v) is 12.7. The molecule has 4 nitrogen and oxygen atoms in total. The van der Waals surface area contributed by atoms with E-state index in [1.54, 1.807) is 0 Å². The first-order valence-electron chi connectivity index (χ1n) is 7.38. The van der Waals surface area contributed by atoms with E-state index in [0.717, 1.165) is 30.6 Å². The molecule has 1 aromatic rings. The van der Waals surface area contributed by atoms with Crippen LogP contribution in [0.15, 0.2) is 24.3 Å². The van der Waals surface area contributed by atoms with Crippen LogP contribution in [0.4, 0.5) is 5.69 Å². The predicted molar refractivity (Wildman–Crippen MR) is 82.3 cm³/mol. The summed E-state index contributed by atoms with van der Waals surface area (Å²) in [6.45, 7) is 5.43. The Labute approximate surface area is 121 Å². The maximum atomic E-state index is 12.3. The van der Waals surface area contributed by atoms with Gasteiger partial charge in [-0.15, -0.1) is 0 Å². The van der Waals surface area contributed by atoms with Gasteiger partial charge in [0.25, 0.3) is 0 Å². The SMILES string of the molecule is CCN(C(=O)CN(C)C(C)c1cccc(N)c1)C1CC1. The van der Waals surface area contributed by atoms with Crippen LogP contribution in [0.3, 0.4) is 0 Å². The van der Waals surface area contributed by atoms with Crippen LogP contribution in [0.2, 0.25) is 0 Å². The fourth-order valence-electron chi connectivity index (χ4n) is 2.54. The van der Waals surface area contributed by atoms with Crippen molar-refractivity contribution in [2.45, 2.75) is 38.8 Å². The second-order valence-corrected chi connectivity index (χ2v) is 5.67. The Bertz CT molecular complexity index is 471. The summed E-state index contributed by atoms with van der Waals surface area (Å²) in [5.41, 5.74) is 7.74. The summed E-state index contributed by atoms with van der Waals surface area (Å²) in [6.07, 6.45) is 2.32. The van der Waals surface area contributed by atoms with Crippen LogP contribution < -0.4 is 5.73 Å². The fraction of sp³-hybridized carbons (Fsp3) is 0.562. The average Bonchev–Trinajstić information content (AvgIpc) is 3.23. The first-order chi connectivity index (χ1) is 9.52. The highest BCUT2D eigenvalue weighted by Gasteiger charge is 2.31. The molecule has 0 spiro atoms. The van der Waals surface area contributed by atoms with Crippen LogP contribution in [-0.2, 0) is 4.79 Å². The Kier molecular flexibility index (Phi) is 4.65. The first-order valence-corrected chi connectivity index (χ1v) is 7.38. The fourth-order valence-corrected chi connectivity index (χ4v) is 2.54. The van der Waals surface area contributed by atoms with Gasteiger partial charge in [-0.05, 0) is 51.4 Å². The topological polar surface area (TPSA) is 49.6 Å². The molecule has 0 aromatic heterocycles. The molecule has 1 aliphatic rings. The molecule has 1 amide bonds. The largest absolute Gasteiger partial charge is 0.399 e. The number of hydrogen-bond donors (Lipinski definition) is 1. The van der Waals surface area contributed by atoms with Crippen LogP contribution in [0.25, 0.3) is 0 Å². The van der Waals surface area contributed by atoms with Gasteiger partial charge in [-0.25, -0.2) is 0 Å². The van der Waals surface area contributed by atoms with Gasteiger partial charge in [0.15, 0.2) is 0 Å². The van der Waals surface area contributed by atoms with Gasteiger partial charge in [-0.2, -0.15) is 0 Å². The van der Waals surface area contributed by atoms with E-state index >= 15 is 0 Å². The molecule has 1 atom stereocenters. The minimum absolute atomic E-state index is 0.181. The van der Waals surface area contributed by atoms with Gasteiger partial charge >= 0.3 is 0 Å². The minimum Gasteiger partial charge on any atom is -0.399 e. The van der Waals surface area contributed by atoms with Crippen molar-refractivity contribution in [3.8, 4) is 0 Å². The van der Waals surface area contributed by atoms with Gasteiger partial charge in [0.1, 0.15) is 0 Å². The average molecular weight is 275 g/mol. The third-order valence-corrected chi connectivity index (χ3v) is 4.09. The number of hydrogen-bond acceptors (Lipinski definition) is 3. The van der Waals surface area contributed by atoms with E-state index in [1.807, 2.05) is 30.1 Å². The highest BCUT2D eigenvalue weighted by molar-refractivity contribution is 5.79. The van der Waals surface area contributed by atoms with Gasteiger partial charge in [0.05, 0.1) is 6.54 Å². The maximum Gasteiger partial charge on any atom is 0.236 e. The van der Waals surface area contributed by atoms with E-state index in [1.165, 1.54) is 0 Å². The van der Waals surface area contributed by atoms with E-state index in [0.29, 0.717) is 12.6 Å². The van der Waals surface area contributed by atoms with Crippen molar-refractivity contribution >= 4 is 11.6 Å². The third kappa shape index (κ3) is 3.51. The Hall–Kier alpha value is -1.55. The molecule has 2 rings (SSSR count). The molecule has 1 saturated carbocycles. The Morgan fingerprint density at radius 2 is 2.15 bits per heavy atom. The summed E-state index contributed by atoms with van der Waals surface area (Å²) >= 11 is 0. The lowest BCUT2D eigenvalue weighted by molar-refractivity contribution is -0.132. The van der Waals surface area contributed by atoms with Crippen molar-refractivity contribution in [2.75, 3.05) is 25.9 Å². The van der Waals surface area contributed by atoms with Crippen molar-refractivity contribution < 1.29 is 4.79 Å². The molecule has 2 N–H and O–H groups in total. The van der Waals surface area contributed by atoms with Crippen LogP contribution in [-0.4, -0.2) is 41.9 Å². The lowest BCUT2D eigenvalue weighted by Gasteiger charge is -2.28. The Morgan fingerprint density at radius 1 is 1.45 bits per heavy atom. The second-order valence-electron chi connectivity index (χ2n) is 5.67. The second kappa shape index (κ2) is 6.27. The molecule has 0 saturated heterocycles. The van der Waals surface area contributed by atoms with Crippen molar-refractivity contribution in [1.82, 2.24) is 9.80 Å². The summed E-state index contributed by atoms with van der Waals surface area (Å²) in [5, 5.41) is 0. The summed E-state index contributed by atoms with van der Waals surface area (Å²) in [7, 11) is 1.99. The number of amides is 1. The number of anilines is 1. The zero-order chi connectivity index (χ0) is 14.7. The number of benzene rings is 1. The number of nitrogens with two attached hydrogens (primary N) is 1. The number of nitrogens with zero attached hydrogens (tertiary/aromatic N) is 2. The number of carbonyl (C=O) groups excluding carboxylic acids is 1. The highest BCUT2D eigenvalue weighted by Crippen LogP contribution is 2.27. The van der Waals surface area contributed by atoms with Gasteiger partial charge in [-0.1, -0.05) is 12.1 Å². The van der Waals surface area contributed by atoms with Gasteiger partial charge in [0.2, 0.25) is 5.91 Å². The van der Waals surface area contributed by atoms with Crippen LogP contribution in [0.5, 0.6) is 0 Å². The van der Waals surface area contributed by atoms with E-state index in [-0.39, 0.29) is 11.9 Å². The number of nitrogen functional groups attached to an aromatic ring is 1. The maximum absolute atomic E-state index is 12.3. The van der Waals surface area contributed by atoms with Crippen molar-refractivity contribution in [1.29, 1.82) is 0 Å². The van der Waals surface area contributed by atoms with Gasteiger partial charge in [0, 0.05) is 24.3 Å². The van der Waals surface area contributed by atoms with E-state index < -0.39 is 0 Å². The molecule has 0 aliphatic heterocycles. The van der Waals surface area contributed by atoms with Gasteiger partial charge < -0.3 is 10.6 Å². The zero-order valence-electron chi connectivity index (χ0n) is 12.7. The first kappa shape index (κ1) is 14.9. The smallest absolute Gasteiger partial charge is 0.236 e. The molecule has 0 bridgehead atoms. The molecule has 1 aromatic carbocycles. The highest BCUT2D eigenvalue weighted by atomic mass is 16.2. The molecule has 1 fully saturated rings. The lowest BCUT2D eigenvalue weighted by Crippen LogP contribution is -2.40. The van der Waals surface area contributed by atoms with Crippen molar-refractivity contribution in [3.63, 3.8) is 0 Å². The minimum atomic E-state index is 0.181. The standard InChI is InChI=1S/C16H25N3O/c1-4-19(15-8-9-15)16(20)11-18(3)12(2)13-6-5-7-14(17)10-13/h5-7,10,12,15H,4,8-9,11,17H2,1-3H3. The van der Waals surface area contributed by atoms with Gasteiger partial charge in [-0.3, -0.25) is 9.69 Å². The summed E-state index contributed by atoms with van der Waals surface area (Å²) in [4.78, 5) is 16.4. The molecule has 1 aliphatic carbocycles.